The van der Waals surface area contributed by atoms with E-state index in [1.54, 1.807) is 25.1 Å². The number of alkyl carbamates (subject to hydrolysis) is 1. The topological polar surface area (TPSA) is 94.1 Å². The van der Waals surface area contributed by atoms with Crippen molar-refractivity contribution in [3.8, 4) is 11.1 Å². The molecule has 3 aromatic rings. The smallest absolute Gasteiger partial charge is 0.478 e. The summed E-state index contributed by atoms with van der Waals surface area (Å²) in [6, 6.07) is 21.6. The van der Waals surface area contributed by atoms with Crippen molar-refractivity contribution in [1.82, 2.24) is 5.32 Å². The number of rotatable bonds is 7. The van der Waals surface area contributed by atoms with Crippen molar-refractivity contribution in [2.24, 2.45) is 0 Å². The summed E-state index contributed by atoms with van der Waals surface area (Å²) >= 11 is 0. The van der Waals surface area contributed by atoms with Gasteiger partial charge in [0.25, 0.3) is 0 Å². The van der Waals surface area contributed by atoms with Crippen LogP contribution in [0, 0.1) is 6.92 Å². The minimum Gasteiger partial charge on any atom is -0.478 e. The van der Waals surface area contributed by atoms with Crippen LogP contribution in [0.2, 0.25) is 0 Å². The number of aromatic carboxylic acids is 1. The van der Waals surface area contributed by atoms with Gasteiger partial charge in [0.05, 0.1) is 16.8 Å². The Labute approximate surface area is 235 Å². The zero-order chi connectivity index (χ0) is 28.7. The van der Waals surface area contributed by atoms with Crippen molar-refractivity contribution >= 4 is 25.3 Å². The molecular weight excluding hydrogens is 505 g/mol. The molecule has 1 aliphatic heterocycles. The average molecular weight is 539 g/mol. The minimum atomic E-state index is -0.998. The molecule has 0 radical (unpaired) electrons. The maximum atomic E-state index is 12.9. The lowest BCUT2D eigenvalue weighted by atomic mass is 9.77. The molecule has 8 heteroatoms. The molecule has 1 fully saturated rings. The predicted molar refractivity (Wildman–Crippen MR) is 155 cm³/mol. The molecule has 206 valence electrons. The molecule has 2 N–H and O–H groups in total. The standard InChI is InChI=1S/C32H34BNO6/c1-20-14-15-21(17-27(20)29(35)36)16-22(33-39-31(2,3)32(4,5)40-33)18-34-30(37)38-19-28-25-12-8-6-10-23(25)24-11-7-9-13-26(24)28/h6-17,28H,18-19H2,1-5H3,(H,34,37)(H,35,36). The summed E-state index contributed by atoms with van der Waals surface area (Å²) in [5.74, 6) is -1.04. The molecule has 0 unspecified atom stereocenters. The van der Waals surface area contributed by atoms with Gasteiger partial charge in [-0.25, -0.2) is 9.59 Å². The third-order valence-corrected chi connectivity index (χ3v) is 8.18. The molecule has 5 rings (SSSR count). The Morgan fingerprint density at radius 2 is 1.52 bits per heavy atom. The van der Waals surface area contributed by atoms with Gasteiger partial charge in [-0.1, -0.05) is 66.7 Å². The largest absolute Gasteiger partial charge is 0.492 e. The van der Waals surface area contributed by atoms with E-state index in [1.165, 1.54) is 0 Å². The maximum absolute atomic E-state index is 12.9. The van der Waals surface area contributed by atoms with Crippen LogP contribution in [0.4, 0.5) is 4.79 Å². The minimum absolute atomic E-state index is 0.0433. The van der Waals surface area contributed by atoms with Crippen molar-refractivity contribution in [2.75, 3.05) is 13.2 Å². The van der Waals surface area contributed by atoms with Gasteiger partial charge in [0, 0.05) is 12.5 Å². The zero-order valence-corrected chi connectivity index (χ0v) is 23.5. The van der Waals surface area contributed by atoms with Gasteiger partial charge in [-0.3, -0.25) is 0 Å². The van der Waals surface area contributed by atoms with Crippen LogP contribution in [-0.2, 0) is 14.0 Å². The SMILES string of the molecule is Cc1ccc(C=C(CNC(=O)OCC2c3ccccc3-c3ccccc32)B2OC(C)(C)C(C)(C)O2)cc1C(=O)O. The summed E-state index contributed by atoms with van der Waals surface area (Å²) in [6.07, 6.45) is 1.25. The second kappa shape index (κ2) is 10.6. The molecular formula is C32H34BNO6. The van der Waals surface area contributed by atoms with Gasteiger partial charge in [-0.2, -0.15) is 0 Å². The summed E-state index contributed by atoms with van der Waals surface area (Å²) < 4.78 is 18.2. The van der Waals surface area contributed by atoms with Gasteiger partial charge in [0.2, 0.25) is 0 Å². The molecule has 7 nitrogen and oxygen atoms in total. The first kappa shape index (κ1) is 27.7. The molecule has 0 saturated carbocycles. The normalized spacial score (nSPS) is 17.3. The van der Waals surface area contributed by atoms with Crippen LogP contribution in [0.25, 0.3) is 17.2 Å². The van der Waals surface area contributed by atoms with Crippen molar-refractivity contribution in [1.29, 1.82) is 0 Å². The van der Waals surface area contributed by atoms with Crippen LogP contribution in [0.3, 0.4) is 0 Å². The Morgan fingerprint density at radius 3 is 2.10 bits per heavy atom. The average Bonchev–Trinajstić information content (AvgIpc) is 3.35. The second-order valence-electron chi connectivity index (χ2n) is 11.4. The number of benzene rings is 3. The molecule has 1 aliphatic carbocycles. The quantitative estimate of drug-likeness (QED) is 0.345. The second-order valence-corrected chi connectivity index (χ2v) is 11.4. The molecule has 1 amide bonds. The lowest BCUT2D eigenvalue weighted by Gasteiger charge is -2.32. The van der Waals surface area contributed by atoms with Gasteiger partial charge in [-0.05, 0) is 79.5 Å². The molecule has 1 heterocycles. The van der Waals surface area contributed by atoms with E-state index in [-0.39, 0.29) is 24.6 Å². The van der Waals surface area contributed by atoms with Gasteiger partial charge >= 0.3 is 19.2 Å². The van der Waals surface area contributed by atoms with E-state index in [9.17, 15) is 14.7 Å². The van der Waals surface area contributed by atoms with Crippen molar-refractivity contribution in [3.63, 3.8) is 0 Å². The molecule has 40 heavy (non-hydrogen) atoms. The summed E-state index contributed by atoms with van der Waals surface area (Å²) in [7, 11) is -0.728. The van der Waals surface area contributed by atoms with Gasteiger partial charge in [-0.15, -0.1) is 0 Å². The number of carbonyl (C=O) groups excluding carboxylic acids is 1. The summed E-state index contributed by atoms with van der Waals surface area (Å²) in [4.78, 5) is 24.6. The Kier molecular flexibility index (Phi) is 7.33. The molecule has 0 aromatic heterocycles. The summed E-state index contributed by atoms with van der Waals surface area (Å²) in [6.45, 7) is 9.88. The number of amides is 1. The molecule has 2 aliphatic rings. The van der Waals surface area contributed by atoms with Gasteiger partial charge in [0.1, 0.15) is 6.61 Å². The maximum Gasteiger partial charge on any atom is 0.492 e. The van der Waals surface area contributed by atoms with Crippen LogP contribution in [-0.4, -0.2) is 48.6 Å². The molecule has 1 saturated heterocycles. The molecule has 0 bridgehead atoms. The summed E-state index contributed by atoms with van der Waals surface area (Å²) in [5, 5.41) is 12.4. The first-order valence-electron chi connectivity index (χ1n) is 13.5. The van der Waals surface area contributed by atoms with Gasteiger partial charge < -0.3 is 24.5 Å². The third kappa shape index (κ3) is 5.29. The lowest BCUT2D eigenvalue weighted by Crippen LogP contribution is -2.41. The zero-order valence-electron chi connectivity index (χ0n) is 23.5. The molecule has 0 spiro atoms. The van der Waals surface area contributed by atoms with E-state index in [0.29, 0.717) is 16.6 Å². The fourth-order valence-electron chi connectivity index (χ4n) is 5.19. The van der Waals surface area contributed by atoms with Crippen LogP contribution in [0.5, 0.6) is 0 Å². The third-order valence-electron chi connectivity index (χ3n) is 8.18. The number of hydrogen-bond acceptors (Lipinski definition) is 5. The van der Waals surface area contributed by atoms with Crippen LogP contribution in [0.1, 0.15) is 66.2 Å². The van der Waals surface area contributed by atoms with E-state index < -0.39 is 30.4 Å². The fraction of sp³-hybridized carbons (Fsp3) is 0.312. The fourth-order valence-corrected chi connectivity index (χ4v) is 5.19. The van der Waals surface area contributed by atoms with E-state index in [1.807, 2.05) is 58.0 Å². The van der Waals surface area contributed by atoms with E-state index >= 15 is 0 Å². The lowest BCUT2D eigenvalue weighted by molar-refractivity contribution is 0.00578. The number of carboxylic acid groups (broad SMARTS) is 1. The Hall–Kier alpha value is -3.88. The number of aryl methyl sites for hydroxylation is 1. The highest BCUT2D eigenvalue weighted by Gasteiger charge is 2.52. The van der Waals surface area contributed by atoms with Crippen molar-refractivity contribution < 1.29 is 28.7 Å². The number of carboxylic acids is 1. The predicted octanol–water partition coefficient (Wildman–Crippen LogP) is 6.25. The van der Waals surface area contributed by atoms with Crippen LogP contribution >= 0.6 is 0 Å². The highest BCUT2D eigenvalue weighted by molar-refractivity contribution is 6.56. The number of hydrogen-bond donors (Lipinski definition) is 2. The highest BCUT2D eigenvalue weighted by atomic mass is 16.7. The van der Waals surface area contributed by atoms with Crippen molar-refractivity contribution in [3.05, 3.63) is 100 Å². The number of fused-ring (bicyclic) bond motifs is 3. The first-order valence-corrected chi connectivity index (χ1v) is 13.5. The van der Waals surface area contributed by atoms with Crippen LogP contribution in [0.15, 0.2) is 72.2 Å². The van der Waals surface area contributed by atoms with E-state index in [4.69, 9.17) is 14.0 Å². The van der Waals surface area contributed by atoms with Gasteiger partial charge in [0.15, 0.2) is 0 Å². The Balaban J connectivity index is 1.33. The van der Waals surface area contributed by atoms with E-state index in [0.717, 1.165) is 22.3 Å². The Bertz CT molecular complexity index is 1430. The number of carbonyl (C=O) groups is 2. The van der Waals surface area contributed by atoms with Crippen molar-refractivity contribution in [2.45, 2.75) is 51.7 Å². The molecule has 0 atom stereocenters. The highest BCUT2D eigenvalue weighted by Crippen LogP contribution is 2.44. The molecule has 3 aromatic carbocycles. The summed E-state index contributed by atoms with van der Waals surface area (Å²) in [5.41, 5.74) is 5.64. The number of ether oxygens (including phenoxy) is 1. The Morgan fingerprint density at radius 1 is 0.950 bits per heavy atom. The monoisotopic (exact) mass is 539 g/mol. The van der Waals surface area contributed by atoms with E-state index in [2.05, 4.69) is 29.6 Å². The number of nitrogens with one attached hydrogen (secondary N) is 1. The first-order chi connectivity index (χ1) is 19.0. The van der Waals surface area contributed by atoms with Crippen LogP contribution < -0.4 is 5.32 Å².